The monoisotopic (exact) mass is 562 g/mol. The summed E-state index contributed by atoms with van der Waals surface area (Å²) in [5.41, 5.74) is 1.64. The van der Waals surface area contributed by atoms with Gasteiger partial charge in [-0.1, -0.05) is 62.7 Å². The number of morpholine rings is 1. The summed E-state index contributed by atoms with van der Waals surface area (Å²) in [5, 5.41) is 7.90. The highest BCUT2D eigenvalue weighted by Gasteiger charge is 2.43. The number of carbonyl (C=O) groups excluding carboxylic acids is 1. The second-order valence-electron chi connectivity index (χ2n) is 11.4. The Morgan fingerprint density at radius 3 is 2.37 bits per heavy atom. The molecule has 41 heavy (non-hydrogen) atoms. The van der Waals surface area contributed by atoms with Crippen molar-refractivity contribution < 1.29 is 23.0 Å². The number of hydrogen-bond acceptors (Lipinski definition) is 5. The zero-order chi connectivity index (χ0) is 29.2. The van der Waals surface area contributed by atoms with E-state index in [0.29, 0.717) is 48.9 Å². The Bertz CT molecular complexity index is 1520. The van der Waals surface area contributed by atoms with Crippen molar-refractivity contribution in [3.05, 3.63) is 83.6 Å². The number of carbonyl (C=O) groups is 1. The standard InChI is InChI=1S/C32H36F2N4O3/c1-22-9-11-23(12-10-22)38-29(21-28(36-38)31(2,3)4)35-30(39)32(33,34)26-13-14-27(25-8-6-5-7-24(25)26)41-20-17-37-15-18-40-19-16-37/h5-14,21H,15-20H2,1-4H3,(H,35,39). The molecule has 0 unspecified atom stereocenters. The smallest absolute Gasteiger partial charge is 0.350 e. The fraction of sp³-hybridized carbons (Fsp3) is 0.375. The molecule has 1 fully saturated rings. The Hall–Kier alpha value is -3.82. The molecule has 216 valence electrons. The van der Waals surface area contributed by atoms with Crippen LogP contribution < -0.4 is 10.1 Å². The number of ether oxygens (including phenoxy) is 2. The van der Waals surface area contributed by atoms with Crippen molar-refractivity contribution in [1.82, 2.24) is 14.7 Å². The van der Waals surface area contributed by atoms with Crippen molar-refractivity contribution >= 4 is 22.5 Å². The molecule has 4 aromatic rings. The number of fused-ring (bicyclic) bond motifs is 1. The average Bonchev–Trinajstić information content (AvgIpc) is 3.38. The molecule has 0 bridgehead atoms. The summed E-state index contributed by atoms with van der Waals surface area (Å²) in [7, 11) is 0. The Balaban J connectivity index is 1.41. The van der Waals surface area contributed by atoms with Gasteiger partial charge in [-0.3, -0.25) is 9.69 Å². The molecule has 0 atom stereocenters. The molecule has 9 heteroatoms. The fourth-order valence-electron chi connectivity index (χ4n) is 4.82. The van der Waals surface area contributed by atoms with E-state index in [4.69, 9.17) is 9.47 Å². The first-order valence-corrected chi connectivity index (χ1v) is 13.9. The van der Waals surface area contributed by atoms with Gasteiger partial charge in [0.05, 0.1) is 24.6 Å². The fourth-order valence-corrected chi connectivity index (χ4v) is 4.82. The Kier molecular flexibility index (Phi) is 8.11. The van der Waals surface area contributed by atoms with E-state index in [1.807, 2.05) is 52.0 Å². The summed E-state index contributed by atoms with van der Waals surface area (Å²) in [6, 6.07) is 18.7. The largest absolute Gasteiger partial charge is 0.492 e. The van der Waals surface area contributed by atoms with Crippen LogP contribution >= 0.6 is 0 Å². The molecule has 1 aliphatic rings. The lowest BCUT2D eigenvalue weighted by molar-refractivity contribution is -0.140. The van der Waals surface area contributed by atoms with E-state index in [2.05, 4.69) is 15.3 Å². The molecule has 1 aliphatic heterocycles. The van der Waals surface area contributed by atoms with E-state index < -0.39 is 11.8 Å². The number of nitrogens with zero attached hydrogens (tertiary/aromatic N) is 3. The lowest BCUT2D eigenvalue weighted by Crippen LogP contribution is -2.38. The van der Waals surface area contributed by atoms with Crippen molar-refractivity contribution in [3.63, 3.8) is 0 Å². The van der Waals surface area contributed by atoms with Gasteiger partial charge in [0.2, 0.25) is 0 Å². The number of alkyl halides is 2. The molecule has 2 heterocycles. The molecule has 1 saturated heterocycles. The Morgan fingerprint density at radius 2 is 1.68 bits per heavy atom. The summed E-state index contributed by atoms with van der Waals surface area (Å²) in [5.74, 6) is -4.58. The maximum absolute atomic E-state index is 15.9. The highest BCUT2D eigenvalue weighted by molar-refractivity contribution is 6.01. The van der Waals surface area contributed by atoms with Gasteiger partial charge in [-0.25, -0.2) is 4.68 Å². The van der Waals surface area contributed by atoms with Crippen molar-refractivity contribution in [2.75, 3.05) is 44.8 Å². The molecule has 1 aromatic heterocycles. The van der Waals surface area contributed by atoms with Crippen molar-refractivity contribution in [2.45, 2.75) is 39.0 Å². The number of anilines is 1. The Morgan fingerprint density at radius 1 is 1.00 bits per heavy atom. The van der Waals surface area contributed by atoms with Crippen LogP contribution in [-0.4, -0.2) is 60.0 Å². The van der Waals surface area contributed by atoms with Gasteiger partial charge in [0.1, 0.15) is 18.2 Å². The minimum absolute atomic E-state index is 0.177. The maximum atomic E-state index is 15.9. The molecule has 7 nitrogen and oxygen atoms in total. The molecule has 0 aliphatic carbocycles. The molecular weight excluding hydrogens is 526 g/mol. The predicted molar refractivity (Wildman–Crippen MR) is 156 cm³/mol. The van der Waals surface area contributed by atoms with E-state index in [1.165, 1.54) is 16.8 Å². The molecule has 3 aromatic carbocycles. The van der Waals surface area contributed by atoms with E-state index in [1.54, 1.807) is 30.3 Å². The molecule has 0 radical (unpaired) electrons. The first-order chi connectivity index (χ1) is 19.5. The molecule has 0 saturated carbocycles. The number of aromatic nitrogens is 2. The van der Waals surface area contributed by atoms with Crippen LogP contribution in [0, 0.1) is 6.92 Å². The van der Waals surface area contributed by atoms with Crippen LogP contribution in [0.25, 0.3) is 16.5 Å². The summed E-state index contributed by atoms with van der Waals surface area (Å²) in [6.45, 7) is 12.1. The quantitative estimate of drug-likeness (QED) is 0.282. The van der Waals surface area contributed by atoms with Crippen LogP contribution in [0.4, 0.5) is 14.6 Å². The number of aryl methyl sites for hydroxylation is 1. The van der Waals surface area contributed by atoms with Gasteiger partial charge in [0, 0.05) is 42.1 Å². The SMILES string of the molecule is Cc1ccc(-n2nc(C(C)(C)C)cc2NC(=O)C(F)(F)c2ccc(OCCN3CCOCC3)c3ccccc23)cc1. The van der Waals surface area contributed by atoms with Gasteiger partial charge in [-0.05, 0) is 36.6 Å². The van der Waals surface area contributed by atoms with Crippen LogP contribution in [-0.2, 0) is 20.9 Å². The number of rotatable bonds is 8. The summed E-state index contributed by atoms with van der Waals surface area (Å²) >= 11 is 0. The van der Waals surface area contributed by atoms with E-state index >= 15 is 8.78 Å². The van der Waals surface area contributed by atoms with Crippen LogP contribution in [0.3, 0.4) is 0 Å². The van der Waals surface area contributed by atoms with Crippen molar-refractivity contribution in [2.24, 2.45) is 0 Å². The molecular formula is C32H36F2N4O3. The topological polar surface area (TPSA) is 68.6 Å². The van der Waals surface area contributed by atoms with Gasteiger partial charge in [-0.15, -0.1) is 0 Å². The average molecular weight is 563 g/mol. The number of benzene rings is 3. The first kappa shape index (κ1) is 28.7. The first-order valence-electron chi connectivity index (χ1n) is 13.9. The third-order valence-electron chi connectivity index (χ3n) is 7.27. The lowest BCUT2D eigenvalue weighted by Gasteiger charge is -2.26. The normalized spacial score (nSPS) is 14.8. The lowest BCUT2D eigenvalue weighted by atomic mass is 9.92. The van der Waals surface area contributed by atoms with E-state index in [9.17, 15) is 4.79 Å². The van der Waals surface area contributed by atoms with Crippen molar-refractivity contribution in [3.8, 4) is 11.4 Å². The molecule has 1 amide bonds. The van der Waals surface area contributed by atoms with Gasteiger partial charge < -0.3 is 14.8 Å². The second kappa shape index (κ2) is 11.6. The predicted octanol–water partition coefficient (Wildman–Crippen LogP) is 6.07. The number of hydrogen-bond donors (Lipinski definition) is 1. The van der Waals surface area contributed by atoms with Crippen molar-refractivity contribution in [1.29, 1.82) is 0 Å². The summed E-state index contributed by atoms with van der Waals surface area (Å²) in [6.07, 6.45) is 0. The Labute approximate surface area is 239 Å². The zero-order valence-electron chi connectivity index (χ0n) is 23.9. The summed E-state index contributed by atoms with van der Waals surface area (Å²) < 4.78 is 44.7. The van der Waals surface area contributed by atoms with Gasteiger partial charge in [-0.2, -0.15) is 13.9 Å². The highest BCUT2D eigenvalue weighted by Crippen LogP contribution is 2.39. The van der Waals surface area contributed by atoms with Crippen LogP contribution in [0.1, 0.15) is 37.6 Å². The maximum Gasteiger partial charge on any atom is 0.350 e. The van der Waals surface area contributed by atoms with Gasteiger partial charge in [0.15, 0.2) is 0 Å². The van der Waals surface area contributed by atoms with Crippen LogP contribution in [0.15, 0.2) is 66.7 Å². The van der Waals surface area contributed by atoms with E-state index in [-0.39, 0.29) is 22.2 Å². The summed E-state index contributed by atoms with van der Waals surface area (Å²) in [4.78, 5) is 15.5. The second-order valence-corrected chi connectivity index (χ2v) is 11.4. The number of nitrogens with one attached hydrogen (secondary N) is 1. The number of amides is 1. The minimum Gasteiger partial charge on any atom is -0.492 e. The van der Waals surface area contributed by atoms with E-state index in [0.717, 1.165) is 18.7 Å². The third-order valence-corrected chi connectivity index (χ3v) is 7.27. The molecule has 1 N–H and O–H groups in total. The van der Waals surface area contributed by atoms with Gasteiger partial charge in [0.25, 0.3) is 0 Å². The zero-order valence-corrected chi connectivity index (χ0v) is 23.9. The number of halogens is 2. The third kappa shape index (κ3) is 6.26. The molecule has 5 rings (SSSR count). The van der Waals surface area contributed by atoms with Crippen LogP contribution in [0.2, 0.25) is 0 Å². The minimum atomic E-state index is -3.82. The van der Waals surface area contributed by atoms with Gasteiger partial charge >= 0.3 is 11.8 Å². The van der Waals surface area contributed by atoms with Crippen LogP contribution in [0.5, 0.6) is 5.75 Å². The highest BCUT2D eigenvalue weighted by atomic mass is 19.3. The molecule has 0 spiro atoms.